The molecule has 28 heavy (non-hydrogen) atoms. The van der Waals surface area contributed by atoms with Crippen molar-refractivity contribution in [2.75, 3.05) is 31.1 Å². The maximum absolute atomic E-state index is 12.7. The van der Waals surface area contributed by atoms with E-state index < -0.39 is 10.8 Å². The summed E-state index contributed by atoms with van der Waals surface area (Å²) in [6.45, 7) is 2.89. The molecule has 0 aliphatic carbocycles. The standard InChI is InChI=1S/C22H22N2O3S/c25-22(24-15-13-23(14-16-24)18-7-3-1-4-8-18)21-12-11-19(27-21)17-28(26)20-9-5-2-6-10-20/h1-12H,13-17H2/t28-/m0/s1. The summed E-state index contributed by atoms with van der Waals surface area (Å²) < 4.78 is 18.1. The Balaban J connectivity index is 1.35. The van der Waals surface area contributed by atoms with Gasteiger partial charge < -0.3 is 14.2 Å². The third-order valence-electron chi connectivity index (χ3n) is 4.84. The zero-order valence-electron chi connectivity index (χ0n) is 15.5. The second-order valence-electron chi connectivity index (χ2n) is 6.68. The van der Waals surface area contributed by atoms with E-state index >= 15 is 0 Å². The number of benzene rings is 2. The molecule has 6 heteroatoms. The molecule has 0 saturated carbocycles. The Morgan fingerprint density at radius 3 is 2.18 bits per heavy atom. The molecule has 1 saturated heterocycles. The minimum Gasteiger partial charge on any atom is -0.455 e. The molecule has 1 aromatic heterocycles. The molecular formula is C22H22N2O3S. The van der Waals surface area contributed by atoms with Crippen molar-refractivity contribution < 1.29 is 13.4 Å². The highest BCUT2D eigenvalue weighted by atomic mass is 32.2. The van der Waals surface area contributed by atoms with Crippen LogP contribution >= 0.6 is 0 Å². The number of para-hydroxylation sites is 1. The predicted octanol–water partition coefficient (Wildman–Crippen LogP) is 3.55. The van der Waals surface area contributed by atoms with Gasteiger partial charge in [-0.3, -0.25) is 9.00 Å². The molecular weight excluding hydrogens is 372 g/mol. The number of carbonyl (C=O) groups excluding carboxylic acids is 1. The highest BCUT2D eigenvalue weighted by molar-refractivity contribution is 7.84. The smallest absolute Gasteiger partial charge is 0.289 e. The first kappa shape index (κ1) is 18.5. The predicted molar refractivity (Wildman–Crippen MR) is 110 cm³/mol. The van der Waals surface area contributed by atoms with E-state index in [0.29, 0.717) is 24.6 Å². The van der Waals surface area contributed by atoms with Crippen molar-refractivity contribution in [2.45, 2.75) is 10.6 Å². The Hall–Kier alpha value is -2.86. The van der Waals surface area contributed by atoms with Crippen LogP contribution in [0.3, 0.4) is 0 Å². The number of furan rings is 1. The van der Waals surface area contributed by atoms with E-state index in [-0.39, 0.29) is 11.7 Å². The topological polar surface area (TPSA) is 53.8 Å². The van der Waals surface area contributed by atoms with Crippen molar-refractivity contribution in [3.63, 3.8) is 0 Å². The zero-order valence-corrected chi connectivity index (χ0v) is 16.3. The Morgan fingerprint density at radius 1 is 0.857 bits per heavy atom. The van der Waals surface area contributed by atoms with Gasteiger partial charge in [-0.2, -0.15) is 0 Å². The molecule has 3 aromatic rings. The molecule has 0 unspecified atom stereocenters. The summed E-state index contributed by atoms with van der Waals surface area (Å²) in [7, 11) is -1.19. The minimum atomic E-state index is -1.19. The molecule has 1 amide bonds. The fourth-order valence-electron chi connectivity index (χ4n) is 3.32. The summed E-state index contributed by atoms with van der Waals surface area (Å²) in [5, 5.41) is 0. The second kappa shape index (κ2) is 8.44. The summed E-state index contributed by atoms with van der Waals surface area (Å²) in [6, 6.07) is 22.9. The lowest BCUT2D eigenvalue weighted by molar-refractivity contribution is 0.0713. The first-order valence-electron chi connectivity index (χ1n) is 9.32. The van der Waals surface area contributed by atoms with Crippen molar-refractivity contribution in [3.05, 3.63) is 84.3 Å². The van der Waals surface area contributed by atoms with Crippen LogP contribution in [-0.4, -0.2) is 41.2 Å². The van der Waals surface area contributed by atoms with E-state index in [9.17, 15) is 9.00 Å². The lowest BCUT2D eigenvalue weighted by Crippen LogP contribution is -2.48. The van der Waals surface area contributed by atoms with Gasteiger partial charge in [0.1, 0.15) is 5.76 Å². The van der Waals surface area contributed by atoms with Gasteiger partial charge >= 0.3 is 0 Å². The van der Waals surface area contributed by atoms with Gasteiger partial charge in [0.25, 0.3) is 5.91 Å². The number of carbonyl (C=O) groups is 1. The number of hydrogen-bond acceptors (Lipinski definition) is 4. The Labute approximate surface area is 167 Å². The van der Waals surface area contributed by atoms with Gasteiger partial charge in [-0.1, -0.05) is 36.4 Å². The number of amides is 1. The van der Waals surface area contributed by atoms with Gasteiger partial charge in [0.2, 0.25) is 0 Å². The molecule has 1 aliphatic rings. The molecule has 2 heterocycles. The maximum Gasteiger partial charge on any atom is 0.289 e. The van der Waals surface area contributed by atoms with Gasteiger partial charge in [-0.15, -0.1) is 0 Å². The van der Waals surface area contributed by atoms with Crippen molar-refractivity contribution in [1.82, 2.24) is 4.90 Å². The molecule has 0 radical (unpaired) electrons. The fourth-order valence-corrected chi connectivity index (χ4v) is 4.36. The van der Waals surface area contributed by atoms with Gasteiger partial charge in [0, 0.05) is 36.8 Å². The minimum absolute atomic E-state index is 0.107. The van der Waals surface area contributed by atoms with Gasteiger partial charge in [0.15, 0.2) is 5.76 Å². The van der Waals surface area contributed by atoms with Crippen molar-refractivity contribution >= 4 is 22.4 Å². The van der Waals surface area contributed by atoms with Crippen molar-refractivity contribution in [2.24, 2.45) is 0 Å². The molecule has 1 fully saturated rings. The van der Waals surface area contributed by atoms with Crippen LogP contribution < -0.4 is 4.90 Å². The van der Waals surface area contributed by atoms with Crippen LogP contribution in [0.5, 0.6) is 0 Å². The monoisotopic (exact) mass is 394 g/mol. The quantitative estimate of drug-likeness (QED) is 0.664. The van der Waals surface area contributed by atoms with Crippen LogP contribution in [0.2, 0.25) is 0 Å². The number of rotatable bonds is 5. The van der Waals surface area contributed by atoms with E-state index in [0.717, 1.165) is 18.0 Å². The molecule has 2 aromatic carbocycles. The molecule has 144 valence electrons. The van der Waals surface area contributed by atoms with E-state index in [2.05, 4.69) is 17.0 Å². The number of hydrogen-bond donors (Lipinski definition) is 0. The lowest BCUT2D eigenvalue weighted by atomic mass is 10.2. The summed E-state index contributed by atoms with van der Waals surface area (Å²) in [5.74, 6) is 1.03. The van der Waals surface area contributed by atoms with Gasteiger partial charge in [-0.25, -0.2) is 0 Å². The average Bonchev–Trinajstić information content (AvgIpc) is 3.23. The average molecular weight is 394 g/mol. The van der Waals surface area contributed by atoms with Crippen molar-refractivity contribution in [1.29, 1.82) is 0 Å². The van der Waals surface area contributed by atoms with Gasteiger partial charge in [-0.05, 0) is 36.4 Å². The molecule has 0 bridgehead atoms. The zero-order chi connectivity index (χ0) is 19.3. The third-order valence-corrected chi connectivity index (χ3v) is 6.18. The fraction of sp³-hybridized carbons (Fsp3) is 0.227. The molecule has 0 spiro atoms. The largest absolute Gasteiger partial charge is 0.455 e. The summed E-state index contributed by atoms with van der Waals surface area (Å²) in [4.78, 5) is 17.6. The SMILES string of the molecule is O=C(c1ccc(C[S@](=O)c2ccccc2)o1)N1CCN(c2ccccc2)CC1. The van der Waals surface area contributed by atoms with Crippen LogP contribution in [0.4, 0.5) is 5.69 Å². The Morgan fingerprint density at radius 2 is 1.50 bits per heavy atom. The van der Waals surface area contributed by atoms with Crippen LogP contribution in [-0.2, 0) is 16.6 Å². The molecule has 1 atom stereocenters. The number of nitrogens with zero attached hydrogens (tertiary/aromatic N) is 2. The molecule has 5 nitrogen and oxygen atoms in total. The summed E-state index contributed by atoms with van der Waals surface area (Å²) in [5.41, 5.74) is 1.18. The van der Waals surface area contributed by atoms with Crippen LogP contribution in [0.1, 0.15) is 16.3 Å². The number of piperazine rings is 1. The Bertz CT molecular complexity index is 948. The summed E-state index contributed by atoms with van der Waals surface area (Å²) in [6.07, 6.45) is 0. The molecule has 0 N–H and O–H groups in total. The summed E-state index contributed by atoms with van der Waals surface area (Å²) >= 11 is 0. The maximum atomic E-state index is 12.7. The normalized spacial score (nSPS) is 15.4. The van der Waals surface area contributed by atoms with E-state index in [1.807, 2.05) is 53.4 Å². The van der Waals surface area contributed by atoms with E-state index in [1.165, 1.54) is 5.69 Å². The van der Waals surface area contributed by atoms with Crippen LogP contribution in [0.15, 0.2) is 82.1 Å². The number of anilines is 1. The van der Waals surface area contributed by atoms with E-state index in [4.69, 9.17) is 4.42 Å². The van der Waals surface area contributed by atoms with Gasteiger partial charge in [0.05, 0.1) is 16.6 Å². The first-order valence-corrected chi connectivity index (χ1v) is 10.6. The molecule has 1 aliphatic heterocycles. The van der Waals surface area contributed by atoms with Crippen molar-refractivity contribution in [3.8, 4) is 0 Å². The second-order valence-corrected chi connectivity index (χ2v) is 8.13. The molecule has 4 rings (SSSR count). The highest BCUT2D eigenvalue weighted by Gasteiger charge is 2.24. The van der Waals surface area contributed by atoms with E-state index in [1.54, 1.807) is 12.1 Å². The van der Waals surface area contributed by atoms with Crippen LogP contribution in [0.25, 0.3) is 0 Å². The third kappa shape index (κ3) is 4.17. The highest BCUT2D eigenvalue weighted by Crippen LogP contribution is 2.19. The first-order chi connectivity index (χ1) is 13.7. The lowest BCUT2D eigenvalue weighted by Gasteiger charge is -2.35. The van der Waals surface area contributed by atoms with Crippen LogP contribution in [0, 0.1) is 0 Å². The Kier molecular flexibility index (Phi) is 5.58.